The van der Waals surface area contributed by atoms with Crippen LogP contribution in [0.1, 0.15) is 22.3 Å². The fraction of sp³-hybridized carbons (Fsp3) is 0.333. The minimum Gasteiger partial charge on any atom is -0.495 e. The number of nitrogens with zero attached hydrogens (tertiary/aromatic N) is 3. The summed E-state index contributed by atoms with van der Waals surface area (Å²) in [4.78, 5) is 33.6. The third-order valence-electron chi connectivity index (χ3n) is 7.74. The van der Waals surface area contributed by atoms with Gasteiger partial charge in [0.1, 0.15) is 11.5 Å². The fourth-order valence-corrected chi connectivity index (χ4v) is 5.37. The molecule has 0 atom stereocenters. The van der Waals surface area contributed by atoms with Crippen LogP contribution < -0.4 is 25.3 Å². The second-order valence-electron chi connectivity index (χ2n) is 10.6. The molecule has 1 aliphatic rings. The van der Waals surface area contributed by atoms with Crippen LogP contribution in [0.2, 0.25) is 0 Å². The maximum Gasteiger partial charge on any atom is 0.255 e. The highest BCUT2D eigenvalue weighted by Gasteiger charge is 2.22. The van der Waals surface area contributed by atoms with Crippen LogP contribution in [0.4, 0.5) is 11.4 Å². The number of amides is 1. The van der Waals surface area contributed by atoms with E-state index in [4.69, 9.17) is 9.15 Å². The summed E-state index contributed by atoms with van der Waals surface area (Å²) >= 11 is 0. The normalized spacial score (nSPS) is 13.8. The van der Waals surface area contributed by atoms with Crippen molar-refractivity contribution in [3.8, 4) is 17.1 Å². The van der Waals surface area contributed by atoms with Gasteiger partial charge in [0.15, 0.2) is 11.0 Å². The predicted molar refractivity (Wildman–Crippen MR) is 166 cm³/mol. The molecule has 0 saturated carbocycles. The van der Waals surface area contributed by atoms with Gasteiger partial charge in [0.25, 0.3) is 5.91 Å². The quantitative estimate of drug-likeness (QED) is 0.298. The lowest BCUT2D eigenvalue weighted by atomic mass is 10.0. The monoisotopic (exact) mass is 554 g/mol. The van der Waals surface area contributed by atoms with Gasteiger partial charge >= 0.3 is 0 Å². The summed E-state index contributed by atoms with van der Waals surface area (Å²) < 4.78 is 11.8. The molecule has 2 heterocycles. The van der Waals surface area contributed by atoms with Crippen LogP contribution in [-0.2, 0) is 0 Å². The van der Waals surface area contributed by atoms with E-state index in [9.17, 15) is 9.59 Å². The predicted octanol–water partition coefficient (Wildman–Crippen LogP) is 4.79. The topological polar surface area (TPSA) is 78.3 Å². The average molecular weight is 555 g/mol. The number of hydrogen-bond acceptors (Lipinski definition) is 7. The van der Waals surface area contributed by atoms with Crippen LogP contribution in [0.25, 0.3) is 22.3 Å². The number of hydrogen-bond donors (Lipinski definition) is 1. The van der Waals surface area contributed by atoms with Crippen molar-refractivity contribution in [2.45, 2.75) is 13.3 Å². The molecule has 1 N–H and O–H groups in total. The highest BCUT2D eigenvalue weighted by molar-refractivity contribution is 6.06. The van der Waals surface area contributed by atoms with Gasteiger partial charge in [0, 0.05) is 63.6 Å². The first-order valence-corrected chi connectivity index (χ1v) is 14.1. The van der Waals surface area contributed by atoms with Gasteiger partial charge in [0.2, 0.25) is 0 Å². The number of carbonyl (C=O) groups is 1. The van der Waals surface area contributed by atoms with Gasteiger partial charge in [-0.3, -0.25) is 14.5 Å². The molecule has 1 aromatic heterocycles. The van der Waals surface area contributed by atoms with E-state index in [1.165, 1.54) is 0 Å². The molecule has 1 aliphatic heterocycles. The highest BCUT2D eigenvalue weighted by Crippen LogP contribution is 2.31. The molecule has 3 aromatic carbocycles. The van der Waals surface area contributed by atoms with Crippen LogP contribution in [0.15, 0.2) is 75.9 Å². The second kappa shape index (κ2) is 12.5. The Morgan fingerprint density at radius 3 is 2.41 bits per heavy atom. The molecule has 8 heteroatoms. The maximum atomic E-state index is 13.5. The van der Waals surface area contributed by atoms with Crippen molar-refractivity contribution < 1.29 is 13.9 Å². The van der Waals surface area contributed by atoms with Crippen LogP contribution in [0, 0.1) is 6.92 Å². The standard InChI is InChI=1S/C33H38N4O4/c1-23-30(38)26-21-25(35(2)3)22-27(32(26)41-31(23)24-11-6-5-7-12-24)33(39)34-15-10-16-36-17-19-37(20-18-36)28-13-8-9-14-29(28)40-4/h5-9,11-14,21-22H,10,15-20H2,1-4H3,(H,34,39). The molecule has 41 heavy (non-hydrogen) atoms. The molecule has 0 radical (unpaired) electrons. The molecule has 1 fully saturated rings. The smallest absolute Gasteiger partial charge is 0.255 e. The van der Waals surface area contributed by atoms with Crippen molar-refractivity contribution in [3.63, 3.8) is 0 Å². The Morgan fingerprint density at radius 1 is 1.00 bits per heavy atom. The molecule has 5 rings (SSSR count). The summed E-state index contributed by atoms with van der Waals surface area (Å²) in [6.45, 7) is 6.96. The summed E-state index contributed by atoms with van der Waals surface area (Å²) in [7, 11) is 5.49. The van der Waals surface area contributed by atoms with Crippen molar-refractivity contribution in [1.29, 1.82) is 0 Å². The molecule has 0 aliphatic carbocycles. The zero-order chi connectivity index (χ0) is 28.9. The SMILES string of the molecule is COc1ccccc1N1CCN(CCCNC(=O)c2cc(N(C)C)cc3c(=O)c(C)c(-c4ccccc4)oc23)CC1. The van der Waals surface area contributed by atoms with Gasteiger partial charge in [-0.15, -0.1) is 0 Å². The third-order valence-corrected chi connectivity index (χ3v) is 7.74. The van der Waals surface area contributed by atoms with E-state index in [0.29, 0.717) is 34.4 Å². The van der Waals surface area contributed by atoms with E-state index in [1.807, 2.05) is 67.5 Å². The molecule has 1 saturated heterocycles. The Hall–Kier alpha value is -4.30. The van der Waals surface area contributed by atoms with E-state index < -0.39 is 0 Å². The Kier molecular flexibility index (Phi) is 8.59. The van der Waals surface area contributed by atoms with E-state index >= 15 is 0 Å². The molecule has 214 valence electrons. The zero-order valence-corrected chi connectivity index (χ0v) is 24.3. The molecule has 0 spiro atoms. The van der Waals surface area contributed by atoms with Crippen molar-refractivity contribution in [2.24, 2.45) is 0 Å². The van der Waals surface area contributed by atoms with Crippen molar-refractivity contribution in [1.82, 2.24) is 10.2 Å². The van der Waals surface area contributed by atoms with Gasteiger partial charge < -0.3 is 24.3 Å². The zero-order valence-electron chi connectivity index (χ0n) is 24.3. The van der Waals surface area contributed by atoms with E-state index in [-0.39, 0.29) is 11.3 Å². The minimum atomic E-state index is -0.245. The average Bonchev–Trinajstić information content (AvgIpc) is 3.01. The number of nitrogens with one attached hydrogen (secondary N) is 1. The Labute approximate surface area is 241 Å². The Morgan fingerprint density at radius 2 is 1.71 bits per heavy atom. The van der Waals surface area contributed by atoms with E-state index in [2.05, 4.69) is 21.2 Å². The molecular formula is C33H38N4O4. The van der Waals surface area contributed by atoms with Crippen molar-refractivity contribution >= 4 is 28.3 Å². The number of piperazine rings is 1. The Balaban J connectivity index is 1.26. The van der Waals surface area contributed by atoms with Crippen molar-refractivity contribution in [2.75, 3.05) is 70.3 Å². The Bertz CT molecular complexity index is 1570. The molecule has 0 bridgehead atoms. The van der Waals surface area contributed by atoms with Crippen LogP contribution in [0.3, 0.4) is 0 Å². The first-order valence-electron chi connectivity index (χ1n) is 14.1. The molecule has 4 aromatic rings. The molecule has 1 amide bonds. The number of para-hydroxylation sites is 2. The largest absolute Gasteiger partial charge is 0.495 e. The number of rotatable bonds is 9. The first-order chi connectivity index (χ1) is 19.9. The van der Waals surface area contributed by atoms with E-state index in [0.717, 1.165) is 61.8 Å². The number of fused-ring (bicyclic) bond motifs is 1. The number of ether oxygens (including phenoxy) is 1. The fourth-order valence-electron chi connectivity index (χ4n) is 5.37. The van der Waals surface area contributed by atoms with Gasteiger partial charge in [-0.25, -0.2) is 0 Å². The molecular weight excluding hydrogens is 516 g/mol. The highest BCUT2D eigenvalue weighted by atomic mass is 16.5. The van der Waals surface area contributed by atoms with E-state index in [1.54, 1.807) is 26.2 Å². The maximum absolute atomic E-state index is 13.5. The second-order valence-corrected chi connectivity index (χ2v) is 10.6. The van der Waals surface area contributed by atoms with Crippen LogP contribution >= 0.6 is 0 Å². The van der Waals surface area contributed by atoms with Gasteiger partial charge in [-0.1, -0.05) is 42.5 Å². The lowest BCUT2D eigenvalue weighted by Gasteiger charge is -2.36. The third kappa shape index (κ3) is 6.07. The lowest BCUT2D eigenvalue weighted by Crippen LogP contribution is -2.47. The summed E-state index contributed by atoms with van der Waals surface area (Å²) in [5, 5.41) is 3.48. The number of carbonyl (C=O) groups excluding carboxylic acids is 1. The number of anilines is 2. The van der Waals surface area contributed by atoms with Gasteiger partial charge in [-0.2, -0.15) is 0 Å². The summed E-state index contributed by atoms with van der Waals surface area (Å²) in [6, 6.07) is 21.2. The lowest BCUT2D eigenvalue weighted by molar-refractivity contribution is 0.0952. The number of methoxy groups -OCH3 is 1. The number of benzene rings is 3. The van der Waals surface area contributed by atoms with Gasteiger partial charge in [0.05, 0.1) is 23.7 Å². The molecule has 0 unspecified atom stereocenters. The van der Waals surface area contributed by atoms with Crippen molar-refractivity contribution in [3.05, 3.63) is 88.1 Å². The van der Waals surface area contributed by atoms with Gasteiger partial charge in [-0.05, 0) is 44.2 Å². The summed E-state index contributed by atoms with van der Waals surface area (Å²) in [5.74, 6) is 1.14. The minimum absolute atomic E-state index is 0.130. The van der Waals surface area contributed by atoms with Crippen LogP contribution in [0.5, 0.6) is 5.75 Å². The summed E-state index contributed by atoms with van der Waals surface area (Å²) in [5.41, 5.74) is 3.78. The molecule has 8 nitrogen and oxygen atoms in total. The first kappa shape index (κ1) is 28.2. The summed E-state index contributed by atoms with van der Waals surface area (Å²) in [6.07, 6.45) is 0.823. The van der Waals surface area contributed by atoms with Crippen LogP contribution in [-0.4, -0.2) is 71.3 Å².